The maximum atomic E-state index is 6.92. The summed E-state index contributed by atoms with van der Waals surface area (Å²) >= 11 is 1.82. The smallest absolute Gasteiger partial charge is 0.164 e. The summed E-state index contributed by atoms with van der Waals surface area (Å²) in [6.45, 7) is 0. The first-order valence-corrected chi connectivity index (χ1v) is 19.8. The molecule has 0 saturated heterocycles. The van der Waals surface area contributed by atoms with Crippen LogP contribution in [0.2, 0.25) is 0 Å². The predicted octanol–water partition coefficient (Wildman–Crippen LogP) is 13.9. The third kappa shape index (κ3) is 5.12. The Labute approximate surface area is 330 Å². The average Bonchev–Trinajstić information content (AvgIpc) is 3.95. The number of benzene rings is 8. The molecule has 5 nitrogen and oxygen atoms in total. The van der Waals surface area contributed by atoms with Crippen molar-refractivity contribution in [2.24, 2.45) is 0 Å². The van der Waals surface area contributed by atoms with Crippen molar-refractivity contribution >= 4 is 75.3 Å². The molecule has 6 heteroatoms. The van der Waals surface area contributed by atoms with Gasteiger partial charge in [0, 0.05) is 70.2 Å². The number of thiophene rings is 1. The van der Waals surface area contributed by atoms with Crippen LogP contribution < -0.4 is 0 Å². The van der Waals surface area contributed by atoms with Crippen LogP contribution in [-0.2, 0) is 0 Å². The van der Waals surface area contributed by atoms with E-state index in [4.69, 9.17) is 19.4 Å². The Morgan fingerprint density at radius 1 is 0.386 bits per heavy atom. The molecule has 0 aliphatic heterocycles. The zero-order valence-corrected chi connectivity index (χ0v) is 31.2. The SMILES string of the molecule is c1ccc(-c2nc(-c3ccccc3)nc(-c3cc(-c4ccc5c(c4)sc4ccccc45)cc4oc5cc(-n6c7ccccc7c7ccccc76)ccc5c34)n2)cc1. The van der Waals surface area contributed by atoms with Crippen LogP contribution in [0.3, 0.4) is 0 Å². The maximum Gasteiger partial charge on any atom is 0.164 e. The minimum atomic E-state index is 0.590. The summed E-state index contributed by atoms with van der Waals surface area (Å²) in [4.78, 5) is 15.4. The molecule has 12 aromatic rings. The molecule has 4 aromatic heterocycles. The highest BCUT2D eigenvalue weighted by Gasteiger charge is 2.21. The molecular formula is C51H30N4OS. The van der Waals surface area contributed by atoms with Crippen LogP contribution >= 0.6 is 11.3 Å². The van der Waals surface area contributed by atoms with Gasteiger partial charge < -0.3 is 8.98 Å². The molecule has 266 valence electrons. The van der Waals surface area contributed by atoms with E-state index in [0.29, 0.717) is 17.5 Å². The van der Waals surface area contributed by atoms with Gasteiger partial charge in [-0.15, -0.1) is 11.3 Å². The van der Waals surface area contributed by atoms with Gasteiger partial charge in [0.05, 0.1) is 11.0 Å². The van der Waals surface area contributed by atoms with Crippen molar-refractivity contribution in [1.29, 1.82) is 0 Å². The van der Waals surface area contributed by atoms with Crippen molar-refractivity contribution in [3.8, 4) is 51.0 Å². The minimum absolute atomic E-state index is 0.590. The lowest BCUT2D eigenvalue weighted by Gasteiger charge is -2.11. The van der Waals surface area contributed by atoms with Gasteiger partial charge in [0.2, 0.25) is 0 Å². The van der Waals surface area contributed by atoms with Gasteiger partial charge >= 0.3 is 0 Å². The van der Waals surface area contributed by atoms with E-state index < -0.39 is 0 Å². The molecule has 0 radical (unpaired) electrons. The molecule has 0 fully saturated rings. The van der Waals surface area contributed by atoms with E-state index in [1.807, 2.05) is 72.0 Å². The average molecular weight is 747 g/mol. The van der Waals surface area contributed by atoms with Gasteiger partial charge in [-0.05, 0) is 59.7 Å². The maximum absolute atomic E-state index is 6.92. The van der Waals surface area contributed by atoms with Crippen LogP contribution in [0.5, 0.6) is 0 Å². The summed E-state index contributed by atoms with van der Waals surface area (Å²) in [7, 11) is 0. The number of fused-ring (bicyclic) bond motifs is 9. The first kappa shape index (κ1) is 31.9. The van der Waals surface area contributed by atoms with Gasteiger partial charge in [-0.2, -0.15) is 0 Å². The second-order valence-corrected chi connectivity index (χ2v) is 15.5. The fourth-order valence-electron chi connectivity index (χ4n) is 8.41. The van der Waals surface area contributed by atoms with E-state index in [1.54, 1.807) is 0 Å². The van der Waals surface area contributed by atoms with E-state index in [9.17, 15) is 0 Å². The zero-order chi connectivity index (χ0) is 37.5. The van der Waals surface area contributed by atoms with Gasteiger partial charge in [0.15, 0.2) is 17.5 Å². The Bertz CT molecular complexity index is 3420. The van der Waals surface area contributed by atoms with Crippen LogP contribution in [0.15, 0.2) is 186 Å². The van der Waals surface area contributed by atoms with Crippen molar-refractivity contribution in [1.82, 2.24) is 19.5 Å². The summed E-state index contributed by atoms with van der Waals surface area (Å²) < 4.78 is 11.8. The normalized spacial score (nSPS) is 11.9. The molecule has 8 aromatic carbocycles. The Morgan fingerprint density at radius 3 is 1.67 bits per heavy atom. The van der Waals surface area contributed by atoms with Crippen molar-refractivity contribution in [3.05, 3.63) is 182 Å². The summed E-state index contributed by atoms with van der Waals surface area (Å²) in [6, 6.07) is 63.8. The molecule has 0 atom stereocenters. The van der Waals surface area contributed by atoms with Crippen LogP contribution in [0.1, 0.15) is 0 Å². The van der Waals surface area contributed by atoms with Crippen LogP contribution in [0.4, 0.5) is 0 Å². The number of nitrogens with zero attached hydrogens (tertiary/aromatic N) is 4. The van der Waals surface area contributed by atoms with Crippen LogP contribution in [0, 0.1) is 0 Å². The number of hydrogen-bond acceptors (Lipinski definition) is 5. The van der Waals surface area contributed by atoms with E-state index in [2.05, 4.69) is 126 Å². The number of rotatable bonds is 5. The predicted molar refractivity (Wildman–Crippen MR) is 236 cm³/mol. The molecule has 0 aliphatic carbocycles. The molecule has 0 bridgehead atoms. The molecule has 0 amide bonds. The molecule has 57 heavy (non-hydrogen) atoms. The fraction of sp³-hybridized carbons (Fsp3) is 0. The molecular weight excluding hydrogens is 717 g/mol. The van der Waals surface area contributed by atoms with E-state index in [0.717, 1.165) is 66.5 Å². The van der Waals surface area contributed by atoms with Gasteiger partial charge in [-0.3, -0.25) is 0 Å². The Hall–Kier alpha value is -7.41. The molecule has 0 spiro atoms. The van der Waals surface area contributed by atoms with Crippen molar-refractivity contribution in [2.45, 2.75) is 0 Å². The van der Waals surface area contributed by atoms with Crippen LogP contribution in [0.25, 0.3) is 115 Å². The third-order valence-electron chi connectivity index (χ3n) is 11.0. The quantitative estimate of drug-likeness (QED) is 0.176. The van der Waals surface area contributed by atoms with Gasteiger partial charge in [0.1, 0.15) is 11.2 Å². The minimum Gasteiger partial charge on any atom is -0.456 e. The van der Waals surface area contributed by atoms with Crippen LogP contribution in [-0.4, -0.2) is 19.5 Å². The fourth-order valence-corrected chi connectivity index (χ4v) is 9.56. The highest BCUT2D eigenvalue weighted by atomic mass is 32.1. The monoisotopic (exact) mass is 746 g/mol. The first-order chi connectivity index (χ1) is 28.2. The zero-order valence-electron chi connectivity index (χ0n) is 30.4. The van der Waals surface area contributed by atoms with E-state index in [-0.39, 0.29) is 0 Å². The van der Waals surface area contributed by atoms with E-state index >= 15 is 0 Å². The van der Waals surface area contributed by atoms with Crippen molar-refractivity contribution < 1.29 is 4.42 Å². The summed E-state index contributed by atoms with van der Waals surface area (Å²) in [5, 5.41) is 6.95. The lowest BCUT2D eigenvalue weighted by atomic mass is 9.97. The van der Waals surface area contributed by atoms with Crippen molar-refractivity contribution in [3.63, 3.8) is 0 Å². The summed E-state index contributed by atoms with van der Waals surface area (Å²) in [5.41, 5.74) is 9.78. The summed E-state index contributed by atoms with van der Waals surface area (Å²) in [5.74, 6) is 1.82. The van der Waals surface area contributed by atoms with Crippen molar-refractivity contribution in [2.75, 3.05) is 0 Å². The van der Waals surface area contributed by atoms with E-state index in [1.165, 1.54) is 30.9 Å². The lowest BCUT2D eigenvalue weighted by Crippen LogP contribution is -2.00. The van der Waals surface area contributed by atoms with Gasteiger partial charge in [0.25, 0.3) is 0 Å². The number of para-hydroxylation sites is 2. The second-order valence-electron chi connectivity index (χ2n) is 14.4. The number of furan rings is 1. The standard InChI is InChI=1S/C51H30N4OS/c1-3-13-31(14-4-1)49-52-50(32-15-5-2-6-16-32)54-51(53-49)41-27-34(33-23-25-39-38-19-9-12-22-46(38)57-47(39)29-33)28-45-48(41)40-26-24-35(30-44(40)56-45)55-42-20-10-7-17-36(42)37-18-8-11-21-43(37)55/h1-30H. The molecule has 0 saturated carbocycles. The highest BCUT2D eigenvalue weighted by molar-refractivity contribution is 7.25. The molecule has 0 N–H and O–H groups in total. The number of hydrogen-bond donors (Lipinski definition) is 0. The lowest BCUT2D eigenvalue weighted by molar-refractivity contribution is 0.669. The molecule has 0 aliphatic rings. The Kier molecular flexibility index (Phi) is 7.03. The summed E-state index contributed by atoms with van der Waals surface area (Å²) in [6.07, 6.45) is 0. The van der Waals surface area contributed by atoms with Gasteiger partial charge in [-0.1, -0.05) is 127 Å². The topological polar surface area (TPSA) is 56.7 Å². The Morgan fingerprint density at radius 2 is 0.965 bits per heavy atom. The highest BCUT2D eigenvalue weighted by Crippen LogP contribution is 2.43. The van der Waals surface area contributed by atoms with Gasteiger partial charge in [-0.25, -0.2) is 15.0 Å². The number of aromatic nitrogens is 4. The largest absolute Gasteiger partial charge is 0.456 e. The first-order valence-electron chi connectivity index (χ1n) is 19.0. The Balaban J connectivity index is 1.13. The molecule has 0 unspecified atom stereocenters. The molecule has 4 heterocycles. The second kappa shape index (κ2) is 12.6. The molecule has 12 rings (SSSR count). The third-order valence-corrected chi connectivity index (χ3v) is 12.2.